The fourth-order valence-corrected chi connectivity index (χ4v) is 1.63. The summed E-state index contributed by atoms with van der Waals surface area (Å²) >= 11 is 0. The molecule has 1 aromatic carbocycles. The standard InChI is InChI=1S/C12H8F3NO3/c1-19-11(18)9-10(17)8-3-2-7(12(13,14)15)4-6(8)5-16-9/h2-5,17H,1H3. The number of carbonyl (C=O) groups is 1. The summed E-state index contributed by atoms with van der Waals surface area (Å²) in [7, 11) is 1.11. The predicted octanol–water partition coefficient (Wildman–Crippen LogP) is 2.75. The Kier molecular flexibility index (Phi) is 3.05. The summed E-state index contributed by atoms with van der Waals surface area (Å²) in [6, 6.07) is 2.76. The van der Waals surface area contributed by atoms with E-state index in [9.17, 15) is 23.1 Å². The van der Waals surface area contributed by atoms with Crippen LogP contribution in [0.25, 0.3) is 10.8 Å². The van der Waals surface area contributed by atoms with Crippen molar-refractivity contribution < 1.29 is 27.8 Å². The molecule has 7 heteroatoms. The van der Waals surface area contributed by atoms with Gasteiger partial charge in [-0.25, -0.2) is 9.78 Å². The van der Waals surface area contributed by atoms with Crippen LogP contribution in [0.5, 0.6) is 5.75 Å². The Hall–Kier alpha value is -2.31. The van der Waals surface area contributed by atoms with E-state index in [1.54, 1.807) is 0 Å². The molecule has 0 unspecified atom stereocenters. The first-order chi connectivity index (χ1) is 8.84. The Labute approximate surface area is 105 Å². The number of rotatable bonds is 1. The van der Waals surface area contributed by atoms with Gasteiger partial charge in [0.25, 0.3) is 0 Å². The number of benzene rings is 1. The Bertz CT molecular complexity index is 652. The average molecular weight is 271 g/mol. The number of ether oxygens (including phenoxy) is 1. The number of hydrogen-bond acceptors (Lipinski definition) is 4. The fraction of sp³-hybridized carbons (Fsp3) is 0.167. The van der Waals surface area contributed by atoms with Crippen LogP contribution in [0.3, 0.4) is 0 Å². The largest absolute Gasteiger partial charge is 0.505 e. The minimum Gasteiger partial charge on any atom is -0.505 e. The molecule has 0 atom stereocenters. The summed E-state index contributed by atoms with van der Waals surface area (Å²) < 4.78 is 42.0. The van der Waals surface area contributed by atoms with Gasteiger partial charge in [0.2, 0.25) is 0 Å². The van der Waals surface area contributed by atoms with Crippen LogP contribution in [-0.4, -0.2) is 23.2 Å². The van der Waals surface area contributed by atoms with Crippen molar-refractivity contribution in [1.82, 2.24) is 4.98 Å². The van der Waals surface area contributed by atoms with Crippen LogP contribution in [-0.2, 0) is 10.9 Å². The van der Waals surface area contributed by atoms with E-state index in [0.717, 1.165) is 31.5 Å². The first-order valence-electron chi connectivity index (χ1n) is 5.12. The third-order valence-electron chi connectivity index (χ3n) is 2.57. The molecule has 2 rings (SSSR count). The van der Waals surface area contributed by atoms with Crippen LogP contribution in [0.1, 0.15) is 16.1 Å². The number of alkyl halides is 3. The van der Waals surface area contributed by atoms with Crippen molar-refractivity contribution in [1.29, 1.82) is 0 Å². The first kappa shape index (κ1) is 13.1. The molecule has 0 aliphatic carbocycles. The number of pyridine rings is 1. The molecule has 0 bridgehead atoms. The van der Waals surface area contributed by atoms with Gasteiger partial charge in [-0.15, -0.1) is 0 Å². The van der Waals surface area contributed by atoms with Crippen molar-refractivity contribution in [2.75, 3.05) is 7.11 Å². The Morgan fingerprint density at radius 2 is 2.05 bits per heavy atom. The quantitative estimate of drug-likeness (QED) is 0.810. The van der Waals surface area contributed by atoms with Gasteiger partial charge in [0.15, 0.2) is 11.4 Å². The highest BCUT2D eigenvalue weighted by Crippen LogP contribution is 2.34. The molecule has 1 N–H and O–H groups in total. The molecule has 0 radical (unpaired) electrons. The molecule has 19 heavy (non-hydrogen) atoms. The number of methoxy groups -OCH3 is 1. The molecule has 0 fully saturated rings. The number of hydrogen-bond donors (Lipinski definition) is 1. The number of halogens is 3. The summed E-state index contributed by atoms with van der Waals surface area (Å²) in [4.78, 5) is 14.9. The van der Waals surface area contributed by atoms with Crippen LogP contribution < -0.4 is 0 Å². The van der Waals surface area contributed by atoms with Gasteiger partial charge in [0.05, 0.1) is 12.7 Å². The van der Waals surface area contributed by atoms with E-state index < -0.39 is 23.5 Å². The lowest BCUT2D eigenvalue weighted by Gasteiger charge is -2.09. The molecule has 0 saturated heterocycles. The average Bonchev–Trinajstić information content (AvgIpc) is 2.37. The van der Waals surface area contributed by atoms with E-state index in [0.29, 0.717) is 0 Å². The molecule has 1 aromatic heterocycles. The second-order valence-corrected chi connectivity index (χ2v) is 3.75. The molecule has 0 amide bonds. The van der Waals surface area contributed by atoms with Crippen LogP contribution in [0.15, 0.2) is 24.4 Å². The van der Waals surface area contributed by atoms with Gasteiger partial charge in [-0.3, -0.25) is 0 Å². The first-order valence-corrected chi connectivity index (χ1v) is 5.12. The molecule has 1 heterocycles. The monoisotopic (exact) mass is 271 g/mol. The molecular weight excluding hydrogens is 263 g/mol. The van der Waals surface area contributed by atoms with Gasteiger partial charge in [0, 0.05) is 17.0 Å². The van der Waals surface area contributed by atoms with Crippen molar-refractivity contribution in [2.24, 2.45) is 0 Å². The minimum absolute atomic E-state index is 0.0833. The zero-order chi connectivity index (χ0) is 14.2. The third-order valence-corrected chi connectivity index (χ3v) is 2.57. The summed E-state index contributed by atoms with van der Waals surface area (Å²) in [6.45, 7) is 0. The fourth-order valence-electron chi connectivity index (χ4n) is 1.63. The number of esters is 1. The summed E-state index contributed by atoms with van der Waals surface area (Å²) in [5, 5.41) is 9.98. The second kappa shape index (κ2) is 4.42. The lowest BCUT2D eigenvalue weighted by molar-refractivity contribution is -0.137. The molecule has 0 aliphatic rings. The van der Waals surface area contributed by atoms with E-state index in [1.165, 1.54) is 0 Å². The maximum Gasteiger partial charge on any atom is 0.416 e. The maximum atomic E-state index is 12.5. The number of aromatic hydroxyl groups is 1. The highest BCUT2D eigenvalue weighted by Gasteiger charge is 2.30. The van der Waals surface area contributed by atoms with Crippen LogP contribution >= 0.6 is 0 Å². The Balaban J connectivity index is 2.63. The van der Waals surface area contributed by atoms with Gasteiger partial charge in [-0.2, -0.15) is 13.2 Å². The highest BCUT2D eigenvalue weighted by molar-refractivity contribution is 5.99. The lowest BCUT2D eigenvalue weighted by atomic mass is 10.1. The van der Waals surface area contributed by atoms with Gasteiger partial charge >= 0.3 is 12.1 Å². The number of aromatic nitrogens is 1. The van der Waals surface area contributed by atoms with Crippen molar-refractivity contribution in [2.45, 2.75) is 6.18 Å². The van der Waals surface area contributed by atoms with Crippen molar-refractivity contribution in [3.63, 3.8) is 0 Å². The van der Waals surface area contributed by atoms with E-state index in [2.05, 4.69) is 9.72 Å². The van der Waals surface area contributed by atoms with E-state index >= 15 is 0 Å². The second-order valence-electron chi connectivity index (χ2n) is 3.75. The smallest absolute Gasteiger partial charge is 0.416 e. The minimum atomic E-state index is -4.48. The lowest BCUT2D eigenvalue weighted by Crippen LogP contribution is -2.06. The van der Waals surface area contributed by atoms with Crippen LogP contribution in [0.2, 0.25) is 0 Å². The van der Waals surface area contributed by atoms with E-state index in [4.69, 9.17) is 0 Å². The topological polar surface area (TPSA) is 59.4 Å². The predicted molar refractivity (Wildman–Crippen MR) is 59.7 cm³/mol. The molecule has 0 saturated carbocycles. The molecule has 2 aromatic rings. The SMILES string of the molecule is COC(=O)c1ncc2cc(C(F)(F)F)ccc2c1O. The summed E-state index contributed by atoms with van der Waals surface area (Å²) in [5.41, 5.74) is -1.19. The zero-order valence-corrected chi connectivity index (χ0v) is 9.65. The molecule has 100 valence electrons. The third kappa shape index (κ3) is 2.31. The maximum absolute atomic E-state index is 12.5. The van der Waals surface area contributed by atoms with Gasteiger partial charge in [-0.1, -0.05) is 0 Å². The molecule has 4 nitrogen and oxygen atoms in total. The van der Waals surface area contributed by atoms with Gasteiger partial charge < -0.3 is 9.84 Å². The number of carbonyl (C=O) groups excluding carboxylic acids is 1. The van der Waals surface area contributed by atoms with E-state index in [1.807, 2.05) is 0 Å². The summed E-state index contributed by atoms with van der Waals surface area (Å²) in [6.07, 6.45) is -3.40. The number of nitrogens with zero attached hydrogens (tertiary/aromatic N) is 1. The molecular formula is C12H8F3NO3. The van der Waals surface area contributed by atoms with Crippen molar-refractivity contribution in [3.05, 3.63) is 35.7 Å². The Morgan fingerprint density at radius 3 is 2.63 bits per heavy atom. The van der Waals surface area contributed by atoms with Crippen molar-refractivity contribution in [3.8, 4) is 5.75 Å². The van der Waals surface area contributed by atoms with Gasteiger partial charge in [0.1, 0.15) is 0 Å². The van der Waals surface area contributed by atoms with E-state index in [-0.39, 0.29) is 16.5 Å². The molecule has 0 spiro atoms. The Morgan fingerprint density at radius 1 is 1.37 bits per heavy atom. The van der Waals surface area contributed by atoms with Gasteiger partial charge in [-0.05, 0) is 18.2 Å². The highest BCUT2D eigenvalue weighted by atomic mass is 19.4. The van der Waals surface area contributed by atoms with Crippen LogP contribution in [0, 0.1) is 0 Å². The molecule has 0 aliphatic heterocycles. The number of fused-ring (bicyclic) bond motifs is 1. The van der Waals surface area contributed by atoms with Crippen molar-refractivity contribution >= 4 is 16.7 Å². The normalized spacial score (nSPS) is 11.6. The zero-order valence-electron chi connectivity index (χ0n) is 9.65. The van der Waals surface area contributed by atoms with Crippen LogP contribution in [0.4, 0.5) is 13.2 Å². The summed E-state index contributed by atoms with van der Waals surface area (Å²) in [5.74, 6) is -1.36.